The molecule has 0 aliphatic heterocycles. The number of aliphatic hydroxyl groups excluding tert-OH is 1. The molecule has 0 saturated heterocycles. The Morgan fingerprint density at radius 2 is 2.17 bits per heavy atom. The predicted molar refractivity (Wildman–Crippen MR) is 91.9 cm³/mol. The zero-order valence-corrected chi connectivity index (χ0v) is 14.2. The molecular formula is C21H28O2. The van der Waals surface area contributed by atoms with E-state index in [1.807, 2.05) is 6.08 Å². The SMILES string of the molecule is C/C=C\C1CC(=O)C=C2CC[C@@H]3C(=C21)CC[C@]1(CO)CCC[C@@H]31. The van der Waals surface area contributed by atoms with E-state index in [-0.39, 0.29) is 5.41 Å². The molecule has 2 fully saturated rings. The number of allylic oxidation sites excluding steroid dienone is 6. The quantitative estimate of drug-likeness (QED) is 0.769. The molecule has 4 aliphatic rings. The van der Waals surface area contributed by atoms with E-state index in [0.29, 0.717) is 36.6 Å². The van der Waals surface area contributed by atoms with Crippen molar-refractivity contribution in [3.05, 3.63) is 34.9 Å². The highest BCUT2D eigenvalue weighted by Gasteiger charge is 2.51. The zero-order valence-electron chi connectivity index (χ0n) is 14.2. The Bertz CT molecular complexity index is 609. The Kier molecular flexibility index (Phi) is 3.84. The van der Waals surface area contributed by atoms with E-state index in [1.54, 1.807) is 5.57 Å². The molecular weight excluding hydrogens is 284 g/mol. The van der Waals surface area contributed by atoms with Gasteiger partial charge in [-0.15, -0.1) is 0 Å². The molecule has 1 unspecified atom stereocenters. The molecule has 0 heterocycles. The Balaban J connectivity index is 1.78. The van der Waals surface area contributed by atoms with Crippen molar-refractivity contribution in [3.63, 3.8) is 0 Å². The van der Waals surface area contributed by atoms with Crippen LogP contribution in [0.3, 0.4) is 0 Å². The summed E-state index contributed by atoms with van der Waals surface area (Å²) in [6.45, 7) is 2.43. The molecule has 1 N–H and O–H groups in total. The summed E-state index contributed by atoms with van der Waals surface area (Å²) in [5.74, 6) is 1.93. The molecule has 23 heavy (non-hydrogen) atoms. The number of rotatable bonds is 2. The maximum Gasteiger partial charge on any atom is 0.156 e. The second-order valence-corrected chi connectivity index (χ2v) is 8.08. The minimum absolute atomic E-state index is 0.205. The minimum atomic E-state index is 0.205. The number of hydrogen-bond donors (Lipinski definition) is 1. The molecule has 2 nitrogen and oxygen atoms in total. The fourth-order valence-electron chi connectivity index (χ4n) is 6.15. The lowest BCUT2D eigenvalue weighted by Gasteiger charge is -2.48. The molecule has 0 aromatic carbocycles. The Morgan fingerprint density at radius 3 is 2.96 bits per heavy atom. The van der Waals surface area contributed by atoms with Crippen LogP contribution in [0, 0.1) is 23.2 Å². The normalized spacial score (nSPS) is 40.0. The Labute approximate surface area is 139 Å². The van der Waals surface area contributed by atoms with Gasteiger partial charge in [0.15, 0.2) is 5.78 Å². The number of hydrogen-bond acceptors (Lipinski definition) is 2. The highest BCUT2D eigenvalue weighted by atomic mass is 16.3. The number of carbonyl (C=O) groups excluding carboxylic acids is 1. The Morgan fingerprint density at radius 1 is 1.30 bits per heavy atom. The van der Waals surface area contributed by atoms with Crippen molar-refractivity contribution >= 4 is 5.78 Å². The summed E-state index contributed by atoms with van der Waals surface area (Å²) in [6, 6.07) is 0. The van der Waals surface area contributed by atoms with Crippen molar-refractivity contribution in [2.24, 2.45) is 23.2 Å². The standard InChI is InChI=1S/C21H28O2/c1-2-4-14-11-16(23)12-15-6-7-17-18(20(14)15)8-10-21(13-22)9-3-5-19(17)21/h2,4,12,14,17,19,22H,3,5-11,13H2,1H3/b4-2-/t14?,17-,19+,21+/m1/s1. The summed E-state index contributed by atoms with van der Waals surface area (Å²) in [4.78, 5) is 12.1. The van der Waals surface area contributed by atoms with Crippen molar-refractivity contribution in [1.82, 2.24) is 0 Å². The van der Waals surface area contributed by atoms with Crippen LogP contribution in [0.2, 0.25) is 0 Å². The van der Waals surface area contributed by atoms with Gasteiger partial charge in [-0.3, -0.25) is 4.79 Å². The fourth-order valence-corrected chi connectivity index (χ4v) is 6.15. The van der Waals surface area contributed by atoms with Crippen molar-refractivity contribution in [2.45, 2.75) is 58.3 Å². The van der Waals surface area contributed by atoms with Crippen LogP contribution < -0.4 is 0 Å². The molecule has 124 valence electrons. The summed E-state index contributed by atoms with van der Waals surface area (Å²) >= 11 is 0. The molecule has 0 aromatic rings. The maximum absolute atomic E-state index is 12.1. The largest absolute Gasteiger partial charge is 0.396 e. The van der Waals surface area contributed by atoms with Gasteiger partial charge in [-0.2, -0.15) is 0 Å². The van der Waals surface area contributed by atoms with Crippen molar-refractivity contribution in [1.29, 1.82) is 0 Å². The van der Waals surface area contributed by atoms with Crippen LogP contribution in [0.1, 0.15) is 58.3 Å². The first kappa shape index (κ1) is 15.4. The van der Waals surface area contributed by atoms with Gasteiger partial charge >= 0.3 is 0 Å². The van der Waals surface area contributed by atoms with E-state index < -0.39 is 0 Å². The molecule has 0 bridgehead atoms. The average Bonchev–Trinajstić information content (AvgIpc) is 2.99. The van der Waals surface area contributed by atoms with Crippen LogP contribution >= 0.6 is 0 Å². The van der Waals surface area contributed by atoms with Gasteiger partial charge < -0.3 is 5.11 Å². The van der Waals surface area contributed by atoms with Crippen LogP contribution in [-0.4, -0.2) is 17.5 Å². The highest BCUT2D eigenvalue weighted by Crippen LogP contribution is 2.60. The second-order valence-electron chi connectivity index (χ2n) is 8.08. The molecule has 0 spiro atoms. The van der Waals surface area contributed by atoms with E-state index in [0.717, 1.165) is 19.3 Å². The predicted octanol–water partition coefficient (Wildman–Crippen LogP) is 4.36. The third-order valence-corrected chi connectivity index (χ3v) is 7.09. The zero-order chi connectivity index (χ0) is 16.0. The van der Waals surface area contributed by atoms with Gasteiger partial charge in [-0.25, -0.2) is 0 Å². The van der Waals surface area contributed by atoms with E-state index >= 15 is 0 Å². The van der Waals surface area contributed by atoms with Crippen molar-refractivity contribution < 1.29 is 9.90 Å². The number of aliphatic hydroxyl groups is 1. The topological polar surface area (TPSA) is 37.3 Å². The van der Waals surface area contributed by atoms with Gasteiger partial charge in [-0.1, -0.05) is 24.1 Å². The molecule has 4 aliphatic carbocycles. The molecule has 2 saturated carbocycles. The number of ketones is 1. The summed E-state index contributed by atoms with van der Waals surface area (Å²) in [5.41, 5.74) is 4.69. The molecule has 0 aromatic heterocycles. The third-order valence-electron chi connectivity index (χ3n) is 7.09. The molecule has 0 radical (unpaired) electrons. The van der Waals surface area contributed by atoms with Gasteiger partial charge in [0.05, 0.1) is 0 Å². The molecule has 4 rings (SSSR count). The van der Waals surface area contributed by atoms with Gasteiger partial charge in [0, 0.05) is 18.9 Å². The first-order valence-corrected chi connectivity index (χ1v) is 9.39. The van der Waals surface area contributed by atoms with Gasteiger partial charge in [0.25, 0.3) is 0 Å². The maximum atomic E-state index is 12.1. The van der Waals surface area contributed by atoms with E-state index in [1.165, 1.54) is 36.8 Å². The van der Waals surface area contributed by atoms with Gasteiger partial charge in [0.1, 0.15) is 0 Å². The number of fused-ring (bicyclic) bond motifs is 4. The smallest absolute Gasteiger partial charge is 0.156 e. The summed E-state index contributed by atoms with van der Waals surface area (Å²) < 4.78 is 0. The lowest BCUT2D eigenvalue weighted by atomic mass is 9.56. The minimum Gasteiger partial charge on any atom is -0.396 e. The monoisotopic (exact) mass is 312 g/mol. The van der Waals surface area contributed by atoms with Crippen molar-refractivity contribution in [2.75, 3.05) is 6.61 Å². The van der Waals surface area contributed by atoms with Crippen molar-refractivity contribution in [3.8, 4) is 0 Å². The van der Waals surface area contributed by atoms with E-state index in [2.05, 4.69) is 19.1 Å². The van der Waals surface area contributed by atoms with Gasteiger partial charge in [0.2, 0.25) is 0 Å². The van der Waals surface area contributed by atoms with Crippen LogP contribution in [0.5, 0.6) is 0 Å². The van der Waals surface area contributed by atoms with Crippen LogP contribution in [-0.2, 0) is 4.79 Å². The average molecular weight is 312 g/mol. The summed E-state index contributed by atoms with van der Waals surface area (Å²) in [5, 5.41) is 10.1. The lowest BCUT2D eigenvalue weighted by Crippen LogP contribution is -2.41. The molecule has 4 atom stereocenters. The second kappa shape index (κ2) is 5.73. The molecule has 2 heteroatoms. The Hall–Kier alpha value is -1.15. The highest BCUT2D eigenvalue weighted by molar-refractivity contribution is 5.93. The summed E-state index contributed by atoms with van der Waals surface area (Å²) in [7, 11) is 0. The summed E-state index contributed by atoms with van der Waals surface area (Å²) in [6.07, 6.45) is 15.2. The third kappa shape index (κ3) is 2.29. The first-order chi connectivity index (χ1) is 11.2. The molecule has 0 amide bonds. The first-order valence-electron chi connectivity index (χ1n) is 9.39. The van der Waals surface area contributed by atoms with Crippen LogP contribution in [0.4, 0.5) is 0 Å². The lowest BCUT2D eigenvalue weighted by molar-refractivity contribution is -0.115. The van der Waals surface area contributed by atoms with E-state index in [9.17, 15) is 9.90 Å². The fraction of sp³-hybridized carbons (Fsp3) is 0.667. The van der Waals surface area contributed by atoms with E-state index in [4.69, 9.17) is 0 Å². The van der Waals surface area contributed by atoms with Gasteiger partial charge in [-0.05, 0) is 79.9 Å². The number of carbonyl (C=O) groups is 1. The van der Waals surface area contributed by atoms with Crippen LogP contribution in [0.25, 0.3) is 0 Å². The van der Waals surface area contributed by atoms with Crippen LogP contribution in [0.15, 0.2) is 34.9 Å².